The van der Waals surface area contributed by atoms with Gasteiger partial charge in [-0.15, -0.1) is 0 Å². The third-order valence-electron chi connectivity index (χ3n) is 5.19. The first-order valence-corrected chi connectivity index (χ1v) is 9.18. The number of hydrogen-bond donors (Lipinski definition) is 1. The van der Waals surface area contributed by atoms with Crippen LogP contribution in [0.1, 0.15) is 0 Å². The summed E-state index contributed by atoms with van der Waals surface area (Å²) in [4.78, 5) is 0. The molecule has 0 aliphatic heterocycles. The molecule has 0 aliphatic carbocycles. The molecular formula is C26H19N. The summed E-state index contributed by atoms with van der Waals surface area (Å²) >= 11 is 0. The summed E-state index contributed by atoms with van der Waals surface area (Å²) in [5.74, 6) is 0. The van der Waals surface area contributed by atoms with E-state index in [1.807, 2.05) is 12.1 Å². The van der Waals surface area contributed by atoms with Crippen molar-refractivity contribution in [3.8, 4) is 22.3 Å². The first-order valence-electron chi connectivity index (χ1n) is 9.18. The summed E-state index contributed by atoms with van der Waals surface area (Å²) in [5.41, 5.74) is 11.7. The van der Waals surface area contributed by atoms with Crippen molar-refractivity contribution < 1.29 is 0 Å². The summed E-state index contributed by atoms with van der Waals surface area (Å²) in [6, 6.07) is 36.2. The van der Waals surface area contributed by atoms with E-state index in [1.165, 1.54) is 43.8 Å². The van der Waals surface area contributed by atoms with Gasteiger partial charge in [0, 0.05) is 5.69 Å². The average Bonchev–Trinajstić information content (AvgIpc) is 2.74. The largest absolute Gasteiger partial charge is 0.399 e. The molecule has 5 aromatic rings. The Kier molecular flexibility index (Phi) is 3.65. The molecule has 128 valence electrons. The molecule has 0 heterocycles. The van der Waals surface area contributed by atoms with E-state index in [1.54, 1.807) is 0 Å². The van der Waals surface area contributed by atoms with Crippen LogP contribution < -0.4 is 5.73 Å². The second-order valence-electron chi connectivity index (χ2n) is 6.83. The fourth-order valence-corrected chi connectivity index (χ4v) is 4.00. The van der Waals surface area contributed by atoms with Crippen molar-refractivity contribution in [1.29, 1.82) is 0 Å². The highest BCUT2D eigenvalue weighted by molar-refractivity contribution is 6.21. The van der Waals surface area contributed by atoms with E-state index >= 15 is 0 Å². The van der Waals surface area contributed by atoms with E-state index in [4.69, 9.17) is 5.73 Å². The second kappa shape index (κ2) is 6.30. The van der Waals surface area contributed by atoms with E-state index < -0.39 is 0 Å². The number of benzene rings is 5. The molecule has 0 aromatic heterocycles. The zero-order valence-electron chi connectivity index (χ0n) is 14.9. The SMILES string of the molecule is Nc1ccc(-c2c(-c3ccccc3)c3ccccc3c3ccccc23)cc1. The molecule has 0 atom stereocenters. The minimum Gasteiger partial charge on any atom is -0.399 e. The van der Waals surface area contributed by atoms with Gasteiger partial charge >= 0.3 is 0 Å². The van der Waals surface area contributed by atoms with Crippen molar-refractivity contribution in [2.75, 3.05) is 5.73 Å². The van der Waals surface area contributed by atoms with Gasteiger partial charge in [-0.05, 0) is 55.9 Å². The lowest BCUT2D eigenvalue weighted by Gasteiger charge is -2.18. The summed E-state index contributed by atoms with van der Waals surface area (Å²) < 4.78 is 0. The first-order chi connectivity index (χ1) is 13.3. The van der Waals surface area contributed by atoms with Crippen molar-refractivity contribution in [1.82, 2.24) is 0 Å². The number of nitrogen functional groups attached to an aromatic ring is 1. The van der Waals surface area contributed by atoms with Gasteiger partial charge in [-0.25, -0.2) is 0 Å². The quantitative estimate of drug-likeness (QED) is 0.273. The van der Waals surface area contributed by atoms with Crippen LogP contribution in [0.25, 0.3) is 43.8 Å². The van der Waals surface area contributed by atoms with Crippen molar-refractivity contribution >= 4 is 27.2 Å². The Balaban J connectivity index is 2.03. The van der Waals surface area contributed by atoms with Crippen molar-refractivity contribution in [3.63, 3.8) is 0 Å². The maximum atomic E-state index is 5.96. The Hall–Kier alpha value is -3.58. The van der Waals surface area contributed by atoms with Gasteiger partial charge in [0.1, 0.15) is 0 Å². The molecule has 5 aromatic carbocycles. The molecule has 0 aliphatic rings. The molecule has 0 unspecified atom stereocenters. The van der Waals surface area contributed by atoms with Crippen molar-refractivity contribution in [2.45, 2.75) is 0 Å². The van der Waals surface area contributed by atoms with Crippen LogP contribution in [0.2, 0.25) is 0 Å². The third-order valence-corrected chi connectivity index (χ3v) is 5.19. The highest BCUT2D eigenvalue weighted by Crippen LogP contribution is 2.44. The lowest BCUT2D eigenvalue weighted by molar-refractivity contribution is 1.62. The molecule has 0 saturated carbocycles. The fourth-order valence-electron chi connectivity index (χ4n) is 4.00. The zero-order valence-corrected chi connectivity index (χ0v) is 14.9. The van der Waals surface area contributed by atoms with E-state index in [0.717, 1.165) is 5.69 Å². The molecule has 2 N–H and O–H groups in total. The number of anilines is 1. The maximum Gasteiger partial charge on any atom is 0.0314 e. The first kappa shape index (κ1) is 15.7. The standard InChI is InChI=1S/C26H19N/c27-20-16-14-19(15-17-20)26-24-13-7-5-11-22(24)21-10-4-6-12-23(21)25(26)18-8-2-1-3-9-18/h1-17H,27H2. The lowest BCUT2D eigenvalue weighted by Crippen LogP contribution is -1.92. The number of nitrogens with two attached hydrogens (primary N) is 1. The molecule has 1 heteroatoms. The van der Waals surface area contributed by atoms with Crippen LogP contribution >= 0.6 is 0 Å². The van der Waals surface area contributed by atoms with Crippen LogP contribution in [0.3, 0.4) is 0 Å². The Morgan fingerprint density at radius 3 is 1.30 bits per heavy atom. The van der Waals surface area contributed by atoms with Crippen LogP contribution in [0.15, 0.2) is 103 Å². The van der Waals surface area contributed by atoms with Gasteiger partial charge in [0.05, 0.1) is 0 Å². The monoisotopic (exact) mass is 345 g/mol. The van der Waals surface area contributed by atoms with E-state index in [9.17, 15) is 0 Å². The second-order valence-corrected chi connectivity index (χ2v) is 6.83. The van der Waals surface area contributed by atoms with Crippen LogP contribution in [0.5, 0.6) is 0 Å². The summed E-state index contributed by atoms with van der Waals surface area (Å²) in [7, 11) is 0. The van der Waals surface area contributed by atoms with Gasteiger partial charge in [0.25, 0.3) is 0 Å². The van der Waals surface area contributed by atoms with Crippen LogP contribution in [0.4, 0.5) is 5.69 Å². The van der Waals surface area contributed by atoms with Gasteiger partial charge in [-0.3, -0.25) is 0 Å². The Morgan fingerprint density at radius 2 is 0.778 bits per heavy atom. The van der Waals surface area contributed by atoms with E-state index in [2.05, 4.69) is 91.0 Å². The fraction of sp³-hybridized carbons (Fsp3) is 0. The molecule has 0 fully saturated rings. The predicted molar refractivity (Wildman–Crippen MR) is 117 cm³/mol. The lowest BCUT2D eigenvalue weighted by atomic mass is 9.85. The third kappa shape index (κ3) is 2.56. The van der Waals surface area contributed by atoms with E-state index in [-0.39, 0.29) is 0 Å². The molecule has 0 bridgehead atoms. The maximum absolute atomic E-state index is 5.96. The van der Waals surface area contributed by atoms with Gasteiger partial charge < -0.3 is 5.73 Å². The zero-order chi connectivity index (χ0) is 18.2. The minimum atomic E-state index is 0.783. The molecule has 1 nitrogen and oxygen atoms in total. The molecule has 5 rings (SSSR count). The number of rotatable bonds is 2. The topological polar surface area (TPSA) is 26.0 Å². The molecular weight excluding hydrogens is 326 g/mol. The van der Waals surface area contributed by atoms with Crippen LogP contribution in [-0.2, 0) is 0 Å². The number of hydrogen-bond acceptors (Lipinski definition) is 1. The molecule has 27 heavy (non-hydrogen) atoms. The van der Waals surface area contributed by atoms with Crippen LogP contribution in [0, 0.1) is 0 Å². The normalized spacial score (nSPS) is 11.1. The van der Waals surface area contributed by atoms with Gasteiger partial charge in [0.15, 0.2) is 0 Å². The molecule has 0 saturated heterocycles. The summed E-state index contributed by atoms with van der Waals surface area (Å²) in [6.07, 6.45) is 0. The molecule has 0 spiro atoms. The summed E-state index contributed by atoms with van der Waals surface area (Å²) in [6.45, 7) is 0. The predicted octanol–water partition coefficient (Wildman–Crippen LogP) is 6.91. The Morgan fingerprint density at radius 1 is 0.370 bits per heavy atom. The number of fused-ring (bicyclic) bond motifs is 3. The minimum absolute atomic E-state index is 0.783. The Bertz CT molecular complexity index is 1250. The highest BCUT2D eigenvalue weighted by Gasteiger charge is 2.16. The van der Waals surface area contributed by atoms with E-state index in [0.29, 0.717) is 0 Å². The van der Waals surface area contributed by atoms with Gasteiger partial charge in [0.2, 0.25) is 0 Å². The van der Waals surface area contributed by atoms with Gasteiger partial charge in [-0.2, -0.15) is 0 Å². The summed E-state index contributed by atoms with van der Waals surface area (Å²) in [5, 5.41) is 5.10. The van der Waals surface area contributed by atoms with Crippen molar-refractivity contribution in [2.24, 2.45) is 0 Å². The van der Waals surface area contributed by atoms with Crippen molar-refractivity contribution in [3.05, 3.63) is 103 Å². The average molecular weight is 345 g/mol. The molecule has 0 amide bonds. The highest BCUT2D eigenvalue weighted by atomic mass is 14.5. The van der Waals surface area contributed by atoms with Crippen LogP contribution in [-0.4, -0.2) is 0 Å². The smallest absolute Gasteiger partial charge is 0.0314 e. The Labute approximate surface area is 158 Å². The molecule has 0 radical (unpaired) electrons. The van der Waals surface area contributed by atoms with Gasteiger partial charge in [-0.1, -0.05) is 91.0 Å².